The van der Waals surface area contributed by atoms with Crippen molar-refractivity contribution in [3.63, 3.8) is 0 Å². The molecule has 2 aromatic carbocycles. The predicted molar refractivity (Wildman–Crippen MR) is 90.5 cm³/mol. The number of ether oxygens (including phenoxy) is 1. The van der Waals surface area contributed by atoms with Gasteiger partial charge in [0.05, 0.1) is 24.3 Å². The van der Waals surface area contributed by atoms with Crippen LogP contribution in [0.5, 0.6) is 11.5 Å². The second kappa shape index (κ2) is 7.55. The van der Waals surface area contributed by atoms with Crippen molar-refractivity contribution in [3.8, 4) is 11.5 Å². The molecule has 2 N–H and O–H groups in total. The molecular weight excluding hydrogens is 382 g/mol. The Morgan fingerprint density at radius 2 is 2.17 bits per heavy atom. The van der Waals surface area contributed by atoms with E-state index >= 15 is 0 Å². The normalized spacial score (nSPS) is 10.6. The molecule has 1 amide bonds. The molecule has 2 rings (SSSR count). The maximum absolute atomic E-state index is 11.9. The Balaban J connectivity index is 2.21. The summed E-state index contributed by atoms with van der Waals surface area (Å²) in [4.78, 5) is 22.2. The summed E-state index contributed by atoms with van der Waals surface area (Å²) >= 11 is 3.25. The van der Waals surface area contributed by atoms with Gasteiger partial charge >= 0.3 is 0 Å². The van der Waals surface area contributed by atoms with Gasteiger partial charge < -0.3 is 9.84 Å². The third-order valence-electron chi connectivity index (χ3n) is 2.98. The second-order valence-corrected chi connectivity index (χ2v) is 5.47. The number of nitrogens with one attached hydrogen (secondary N) is 1. The lowest BCUT2D eigenvalue weighted by molar-refractivity contribution is -0.385. The molecule has 8 nitrogen and oxygen atoms in total. The van der Waals surface area contributed by atoms with E-state index in [4.69, 9.17) is 4.74 Å². The van der Waals surface area contributed by atoms with Gasteiger partial charge in [0.15, 0.2) is 11.5 Å². The van der Waals surface area contributed by atoms with Gasteiger partial charge in [-0.15, -0.1) is 0 Å². The number of halogens is 1. The lowest BCUT2D eigenvalue weighted by atomic mass is 10.2. The Hall–Kier alpha value is -2.94. The Morgan fingerprint density at radius 3 is 2.79 bits per heavy atom. The number of hydrogen-bond acceptors (Lipinski definition) is 6. The minimum atomic E-state index is -0.626. The molecule has 0 unspecified atom stereocenters. The number of hydrazone groups is 1. The van der Waals surface area contributed by atoms with Gasteiger partial charge in [0.1, 0.15) is 0 Å². The molecule has 124 valence electrons. The number of carbonyl (C=O) groups excluding carboxylic acids is 1. The highest BCUT2D eigenvalue weighted by atomic mass is 79.9. The Labute approximate surface area is 145 Å². The molecule has 0 atom stereocenters. The number of rotatable bonds is 5. The van der Waals surface area contributed by atoms with Crippen molar-refractivity contribution in [2.75, 3.05) is 7.11 Å². The topological polar surface area (TPSA) is 114 Å². The molecule has 2 aromatic rings. The first-order valence-electron chi connectivity index (χ1n) is 6.56. The number of nitro groups is 1. The van der Waals surface area contributed by atoms with Crippen LogP contribution in [0.4, 0.5) is 5.69 Å². The summed E-state index contributed by atoms with van der Waals surface area (Å²) in [7, 11) is 1.27. The Morgan fingerprint density at radius 1 is 1.42 bits per heavy atom. The number of aromatic hydroxyl groups is 1. The Bertz CT molecular complexity index is 823. The minimum Gasteiger partial charge on any atom is -0.504 e. The summed E-state index contributed by atoms with van der Waals surface area (Å²) < 4.78 is 5.61. The van der Waals surface area contributed by atoms with Crippen LogP contribution in [0.1, 0.15) is 15.9 Å². The van der Waals surface area contributed by atoms with Crippen LogP contribution in [0.15, 0.2) is 46.0 Å². The van der Waals surface area contributed by atoms with Crippen LogP contribution in [0.2, 0.25) is 0 Å². The molecule has 0 bridgehead atoms. The molecule has 0 aliphatic heterocycles. The average Bonchev–Trinajstić information content (AvgIpc) is 2.56. The van der Waals surface area contributed by atoms with Gasteiger partial charge in [-0.05, 0) is 18.2 Å². The summed E-state index contributed by atoms with van der Waals surface area (Å²) in [5.74, 6) is -0.850. The molecule has 9 heteroatoms. The number of methoxy groups -OCH3 is 1. The first kappa shape index (κ1) is 17.4. The van der Waals surface area contributed by atoms with Crippen LogP contribution in [0, 0.1) is 10.1 Å². The number of amides is 1. The summed E-state index contributed by atoms with van der Waals surface area (Å²) in [5, 5.41) is 24.5. The van der Waals surface area contributed by atoms with E-state index in [1.165, 1.54) is 7.11 Å². The van der Waals surface area contributed by atoms with E-state index in [-0.39, 0.29) is 22.7 Å². The number of carbonyl (C=O) groups is 1. The maximum atomic E-state index is 11.9. The van der Waals surface area contributed by atoms with Crippen LogP contribution in [-0.4, -0.2) is 29.3 Å². The minimum absolute atomic E-state index is 0.0376. The first-order valence-corrected chi connectivity index (χ1v) is 7.36. The van der Waals surface area contributed by atoms with Crippen molar-refractivity contribution in [3.05, 3.63) is 62.1 Å². The summed E-state index contributed by atoms with van der Waals surface area (Å²) in [6, 6.07) is 8.88. The zero-order valence-electron chi connectivity index (χ0n) is 12.4. The molecule has 0 radical (unpaired) electrons. The van der Waals surface area contributed by atoms with Crippen LogP contribution < -0.4 is 10.2 Å². The van der Waals surface area contributed by atoms with Crippen LogP contribution >= 0.6 is 15.9 Å². The summed E-state index contributed by atoms with van der Waals surface area (Å²) in [6.07, 6.45) is 1.10. The van der Waals surface area contributed by atoms with E-state index in [1.54, 1.807) is 24.3 Å². The lowest BCUT2D eigenvalue weighted by Gasteiger charge is -2.06. The fourth-order valence-electron chi connectivity index (χ4n) is 1.83. The third kappa shape index (κ3) is 4.07. The predicted octanol–water partition coefficient (Wildman–Crippen LogP) is 2.84. The van der Waals surface area contributed by atoms with E-state index in [0.29, 0.717) is 5.56 Å². The van der Waals surface area contributed by atoms with Crippen molar-refractivity contribution < 1.29 is 19.6 Å². The number of benzene rings is 2. The van der Waals surface area contributed by atoms with Crippen molar-refractivity contribution in [2.24, 2.45) is 5.10 Å². The zero-order chi connectivity index (χ0) is 17.7. The van der Waals surface area contributed by atoms with E-state index in [2.05, 4.69) is 26.5 Å². The number of non-ortho nitro benzene ring substituents is 1. The van der Waals surface area contributed by atoms with Crippen LogP contribution in [-0.2, 0) is 0 Å². The van der Waals surface area contributed by atoms with Crippen molar-refractivity contribution in [2.45, 2.75) is 0 Å². The van der Waals surface area contributed by atoms with Gasteiger partial charge in [0.2, 0.25) is 0 Å². The number of nitro benzene ring substituents is 1. The zero-order valence-corrected chi connectivity index (χ0v) is 14.0. The number of phenols is 1. The molecular formula is C15H12BrN3O5. The molecule has 0 heterocycles. The quantitative estimate of drug-likeness (QED) is 0.460. The molecule has 0 aliphatic carbocycles. The van der Waals surface area contributed by atoms with E-state index in [0.717, 1.165) is 22.8 Å². The van der Waals surface area contributed by atoms with Gasteiger partial charge in [-0.3, -0.25) is 14.9 Å². The fraction of sp³-hybridized carbons (Fsp3) is 0.0667. The first-order chi connectivity index (χ1) is 11.4. The summed E-state index contributed by atoms with van der Waals surface area (Å²) in [5.41, 5.74) is 2.42. The van der Waals surface area contributed by atoms with Gasteiger partial charge in [0.25, 0.3) is 11.6 Å². The molecule has 0 aromatic heterocycles. The van der Waals surface area contributed by atoms with Gasteiger partial charge in [-0.2, -0.15) is 5.10 Å². The largest absolute Gasteiger partial charge is 0.504 e. The van der Waals surface area contributed by atoms with Crippen molar-refractivity contribution in [1.82, 2.24) is 5.43 Å². The average molecular weight is 394 g/mol. The highest BCUT2D eigenvalue weighted by Crippen LogP contribution is 2.33. The van der Waals surface area contributed by atoms with E-state index < -0.39 is 10.8 Å². The second-order valence-electron chi connectivity index (χ2n) is 4.55. The van der Waals surface area contributed by atoms with Crippen LogP contribution in [0.3, 0.4) is 0 Å². The molecule has 0 saturated carbocycles. The highest BCUT2D eigenvalue weighted by Gasteiger charge is 2.15. The number of nitrogens with zero attached hydrogens (tertiary/aromatic N) is 2. The smallest absolute Gasteiger partial charge is 0.274 e. The van der Waals surface area contributed by atoms with E-state index in [9.17, 15) is 20.0 Å². The standard InChI is InChI=1S/C15H12BrN3O5/c1-24-13-7-12(19(22)23)6-10(14(13)20)8-17-18-15(21)9-3-2-4-11(16)5-9/h2-8,20H,1H3,(H,18,21)/b17-8-. The SMILES string of the molecule is COc1cc([N+](=O)[O-])cc(/C=N\NC(=O)c2cccc(Br)c2)c1O. The van der Waals surface area contributed by atoms with Crippen molar-refractivity contribution in [1.29, 1.82) is 0 Å². The highest BCUT2D eigenvalue weighted by molar-refractivity contribution is 9.10. The van der Waals surface area contributed by atoms with Gasteiger partial charge in [-0.1, -0.05) is 22.0 Å². The number of phenolic OH excluding ortho intramolecular Hbond substituents is 1. The molecule has 0 saturated heterocycles. The third-order valence-corrected chi connectivity index (χ3v) is 3.47. The fourth-order valence-corrected chi connectivity index (χ4v) is 2.23. The molecule has 24 heavy (non-hydrogen) atoms. The van der Waals surface area contributed by atoms with Gasteiger partial charge in [-0.25, -0.2) is 5.43 Å². The Kier molecular flexibility index (Phi) is 5.48. The van der Waals surface area contributed by atoms with Gasteiger partial charge in [0, 0.05) is 21.7 Å². The van der Waals surface area contributed by atoms with E-state index in [1.807, 2.05) is 0 Å². The molecule has 0 fully saturated rings. The van der Waals surface area contributed by atoms with Crippen molar-refractivity contribution >= 4 is 33.7 Å². The molecule has 0 spiro atoms. The maximum Gasteiger partial charge on any atom is 0.274 e. The van der Waals surface area contributed by atoms with Crippen LogP contribution in [0.25, 0.3) is 0 Å². The number of hydrogen-bond donors (Lipinski definition) is 2. The molecule has 0 aliphatic rings. The monoisotopic (exact) mass is 393 g/mol. The summed E-state index contributed by atoms with van der Waals surface area (Å²) in [6.45, 7) is 0. The lowest BCUT2D eigenvalue weighted by Crippen LogP contribution is -2.17.